The zero-order chi connectivity index (χ0) is 36.4. The summed E-state index contributed by atoms with van der Waals surface area (Å²) in [4.78, 5) is 78.4. The van der Waals surface area contributed by atoms with Crippen LogP contribution in [0.25, 0.3) is 11.1 Å². The molecule has 1 fully saturated rings. The molecule has 1 heterocycles. The van der Waals surface area contributed by atoms with Crippen LogP contribution in [0.15, 0.2) is 61.2 Å². The molecule has 2 aromatic rings. The molecule has 1 saturated heterocycles. The number of likely N-dealkylation sites (tertiary alicyclic amines) is 1. The molecular weight excluding hydrogens is 646 g/mol. The lowest BCUT2D eigenvalue weighted by Crippen LogP contribution is -2.53. The van der Waals surface area contributed by atoms with Gasteiger partial charge in [0.15, 0.2) is 0 Å². The minimum atomic E-state index is -1.23. The van der Waals surface area contributed by atoms with Gasteiger partial charge >= 0.3 is 18.0 Å². The number of amides is 3. The van der Waals surface area contributed by atoms with Crippen molar-refractivity contribution >= 4 is 35.6 Å². The maximum Gasteiger partial charge on any atom is 0.410 e. The van der Waals surface area contributed by atoms with E-state index in [-0.39, 0.29) is 38.5 Å². The number of carbonyl (C=O) groups is 6. The highest BCUT2D eigenvalue weighted by Gasteiger charge is 2.43. The van der Waals surface area contributed by atoms with Crippen LogP contribution in [0.4, 0.5) is 4.79 Å². The van der Waals surface area contributed by atoms with Crippen molar-refractivity contribution in [1.82, 2.24) is 15.5 Å². The van der Waals surface area contributed by atoms with Gasteiger partial charge in [-0.25, -0.2) is 9.59 Å². The first kappa shape index (κ1) is 37.8. The highest BCUT2D eigenvalue weighted by atomic mass is 16.6. The first-order valence-corrected chi connectivity index (χ1v) is 16.7. The van der Waals surface area contributed by atoms with Crippen molar-refractivity contribution in [3.63, 3.8) is 0 Å². The third-order valence-electron chi connectivity index (χ3n) is 8.18. The molecule has 0 aromatic heterocycles. The van der Waals surface area contributed by atoms with Crippen molar-refractivity contribution < 1.29 is 47.7 Å². The highest BCUT2D eigenvalue weighted by Crippen LogP contribution is 2.44. The van der Waals surface area contributed by atoms with E-state index in [0.29, 0.717) is 6.42 Å². The Morgan fingerprint density at radius 1 is 0.960 bits per heavy atom. The van der Waals surface area contributed by atoms with E-state index in [1.165, 1.54) is 11.0 Å². The molecule has 50 heavy (non-hydrogen) atoms. The molecule has 13 heteroatoms. The predicted molar refractivity (Wildman–Crippen MR) is 182 cm³/mol. The summed E-state index contributed by atoms with van der Waals surface area (Å²) < 4.78 is 21.8. The average Bonchev–Trinajstić information content (AvgIpc) is 3.66. The number of nitrogens with zero attached hydrogens (tertiary/aromatic N) is 1. The second-order valence-electron chi connectivity index (χ2n) is 13.1. The van der Waals surface area contributed by atoms with Crippen LogP contribution < -0.4 is 10.6 Å². The second kappa shape index (κ2) is 17.1. The summed E-state index contributed by atoms with van der Waals surface area (Å²) in [6.45, 7) is 9.32. The number of fused-ring (bicyclic) bond motifs is 3. The smallest absolute Gasteiger partial charge is 0.410 e. The van der Waals surface area contributed by atoms with Crippen LogP contribution in [-0.2, 0) is 42.9 Å². The summed E-state index contributed by atoms with van der Waals surface area (Å²) in [6, 6.07) is 13.4. The fourth-order valence-corrected chi connectivity index (χ4v) is 6.03. The summed E-state index contributed by atoms with van der Waals surface area (Å²) in [5.41, 5.74) is 3.42. The van der Waals surface area contributed by atoms with Crippen LogP contribution >= 0.6 is 0 Å². The number of Topliss-reactive ketones (excluding diaryl/α,β-unsaturated/α-hetero) is 1. The van der Waals surface area contributed by atoms with Crippen molar-refractivity contribution in [3.05, 3.63) is 72.3 Å². The third-order valence-corrected chi connectivity index (χ3v) is 8.18. The lowest BCUT2D eigenvalue weighted by molar-refractivity contribution is -0.162. The lowest BCUT2D eigenvalue weighted by atomic mass is 9.98. The zero-order valence-corrected chi connectivity index (χ0v) is 28.9. The number of ketones is 1. The third kappa shape index (κ3) is 9.78. The predicted octanol–water partition coefficient (Wildman–Crippen LogP) is 3.44. The van der Waals surface area contributed by atoms with Crippen molar-refractivity contribution in [1.29, 1.82) is 0 Å². The van der Waals surface area contributed by atoms with Crippen molar-refractivity contribution in [2.24, 2.45) is 0 Å². The number of esters is 2. The molecule has 0 radical (unpaired) electrons. The standard InChI is InChI=1S/C37H45N3O10/c1-6-12-29(33(43)35(45)38-19-31(41)47-17-7-2)39-34(44)30-18-23(48-22-32(42)50-37(3,4)5)20-40(30)36(46)49-21-28-26-15-10-8-13-24(26)25-14-9-11-16-27(25)28/h7-11,13-16,23,28-30H,2,6,12,17-22H2,1,3-5H3,(H,38,45)(H,39,44)/t23?,29-,30-/m0/s1. The zero-order valence-electron chi connectivity index (χ0n) is 28.9. The van der Waals surface area contributed by atoms with Crippen molar-refractivity contribution in [2.75, 3.05) is 32.9 Å². The van der Waals surface area contributed by atoms with Gasteiger partial charge < -0.3 is 29.6 Å². The van der Waals surface area contributed by atoms with Gasteiger partial charge in [-0.3, -0.25) is 24.1 Å². The van der Waals surface area contributed by atoms with E-state index < -0.39 is 72.6 Å². The van der Waals surface area contributed by atoms with E-state index in [0.717, 1.165) is 22.3 Å². The van der Waals surface area contributed by atoms with Crippen LogP contribution in [0.5, 0.6) is 0 Å². The van der Waals surface area contributed by atoms with Crippen molar-refractivity contribution in [3.8, 4) is 11.1 Å². The first-order chi connectivity index (χ1) is 23.8. The Morgan fingerprint density at radius 2 is 1.60 bits per heavy atom. The molecule has 2 N–H and O–H groups in total. The van der Waals surface area contributed by atoms with Gasteiger partial charge in [-0.1, -0.05) is 74.5 Å². The van der Waals surface area contributed by atoms with Gasteiger partial charge in [-0.2, -0.15) is 0 Å². The summed E-state index contributed by atoms with van der Waals surface area (Å²) in [6.07, 6.45) is 0.406. The molecule has 13 nitrogen and oxygen atoms in total. The van der Waals surface area contributed by atoms with Crippen molar-refractivity contribution in [2.45, 2.75) is 76.7 Å². The molecule has 0 saturated carbocycles. The van der Waals surface area contributed by atoms with E-state index in [9.17, 15) is 28.8 Å². The molecule has 2 aromatic carbocycles. The molecule has 2 aliphatic rings. The van der Waals surface area contributed by atoms with Gasteiger partial charge in [-0.15, -0.1) is 0 Å². The molecule has 4 rings (SSSR count). The molecule has 1 aliphatic heterocycles. The number of hydrogen-bond donors (Lipinski definition) is 2. The fourth-order valence-electron chi connectivity index (χ4n) is 6.03. The highest BCUT2D eigenvalue weighted by molar-refractivity contribution is 6.38. The van der Waals surface area contributed by atoms with E-state index in [1.807, 2.05) is 48.5 Å². The Morgan fingerprint density at radius 3 is 2.20 bits per heavy atom. The number of benzene rings is 2. The Bertz CT molecular complexity index is 1550. The maximum absolute atomic E-state index is 13.7. The lowest BCUT2D eigenvalue weighted by Gasteiger charge is -2.26. The van der Waals surface area contributed by atoms with Crippen LogP contribution in [0.3, 0.4) is 0 Å². The summed E-state index contributed by atoms with van der Waals surface area (Å²) in [5, 5.41) is 4.82. The number of ether oxygens (including phenoxy) is 4. The quantitative estimate of drug-likeness (QED) is 0.122. The SMILES string of the molecule is C=CCOC(=O)CNC(=O)C(=O)[C@H](CCC)NC(=O)[C@@H]1CC(OCC(=O)OC(C)(C)C)CN1C(=O)OCC1c2ccccc2-c2ccccc21. The summed E-state index contributed by atoms with van der Waals surface area (Å²) in [7, 11) is 0. The van der Waals surface area contributed by atoms with Crippen LogP contribution in [-0.4, -0.2) is 97.2 Å². The second-order valence-corrected chi connectivity index (χ2v) is 13.1. The fraction of sp³-hybridized carbons (Fsp3) is 0.459. The topological polar surface area (TPSA) is 167 Å². The normalized spacial score (nSPS) is 17.2. The van der Waals surface area contributed by atoms with E-state index in [2.05, 4.69) is 17.2 Å². The maximum atomic E-state index is 13.7. The molecule has 0 bridgehead atoms. The Kier molecular flexibility index (Phi) is 12.9. The molecule has 1 aliphatic carbocycles. The number of hydrogen-bond acceptors (Lipinski definition) is 10. The minimum Gasteiger partial charge on any atom is -0.460 e. The van der Waals surface area contributed by atoms with E-state index in [4.69, 9.17) is 18.9 Å². The molecular formula is C37H45N3O10. The van der Waals surface area contributed by atoms with Gasteiger partial charge in [0.05, 0.1) is 18.7 Å². The van der Waals surface area contributed by atoms with Crippen LogP contribution in [0, 0.1) is 0 Å². The summed E-state index contributed by atoms with van der Waals surface area (Å²) >= 11 is 0. The molecule has 1 unspecified atom stereocenters. The Hall–Kier alpha value is -5.04. The molecule has 3 atom stereocenters. The van der Waals surface area contributed by atoms with Crippen LogP contribution in [0.1, 0.15) is 64.0 Å². The molecule has 0 spiro atoms. The van der Waals surface area contributed by atoms with Gasteiger partial charge in [0.2, 0.25) is 11.7 Å². The monoisotopic (exact) mass is 691 g/mol. The van der Waals surface area contributed by atoms with Gasteiger partial charge in [0, 0.05) is 12.3 Å². The number of nitrogens with one attached hydrogen (secondary N) is 2. The number of carbonyl (C=O) groups excluding carboxylic acids is 6. The Balaban J connectivity index is 1.47. The first-order valence-electron chi connectivity index (χ1n) is 16.7. The van der Waals surface area contributed by atoms with E-state index in [1.54, 1.807) is 27.7 Å². The molecule has 3 amide bonds. The van der Waals surface area contributed by atoms with Gasteiger partial charge in [-0.05, 0) is 49.4 Å². The van der Waals surface area contributed by atoms with E-state index >= 15 is 0 Å². The average molecular weight is 692 g/mol. The van der Waals surface area contributed by atoms with Gasteiger partial charge in [0.1, 0.15) is 38.0 Å². The molecule has 268 valence electrons. The van der Waals surface area contributed by atoms with Gasteiger partial charge in [0.25, 0.3) is 5.91 Å². The van der Waals surface area contributed by atoms with Crippen LogP contribution in [0.2, 0.25) is 0 Å². The summed E-state index contributed by atoms with van der Waals surface area (Å²) in [5.74, 6) is -4.32. The Labute approximate surface area is 291 Å². The minimum absolute atomic E-state index is 0.00674. The largest absolute Gasteiger partial charge is 0.460 e. The number of rotatable bonds is 15.